The molecule has 0 fully saturated rings. The van der Waals surface area contributed by atoms with Gasteiger partial charge in [0.2, 0.25) is 5.91 Å². The minimum absolute atomic E-state index is 0.00193. The van der Waals surface area contributed by atoms with E-state index in [2.05, 4.69) is 9.97 Å². The Labute approximate surface area is 99.1 Å². The molecule has 1 heterocycles. The lowest BCUT2D eigenvalue weighted by Gasteiger charge is -2.17. The number of benzene rings is 1. The molecule has 5 heteroatoms. The van der Waals surface area contributed by atoms with Crippen LogP contribution in [0.3, 0.4) is 0 Å². The van der Waals surface area contributed by atoms with Crippen LogP contribution in [-0.4, -0.2) is 34.6 Å². The van der Waals surface area contributed by atoms with Crippen LogP contribution in [0.1, 0.15) is 12.8 Å². The average molecular weight is 233 g/mol. The number of aliphatic hydroxyl groups is 1. The maximum atomic E-state index is 11.8. The van der Waals surface area contributed by atoms with E-state index in [9.17, 15) is 4.79 Å². The highest BCUT2D eigenvalue weighted by atomic mass is 16.3. The van der Waals surface area contributed by atoms with Gasteiger partial charge in [-0.3, -0.25) is 4.79 Å². The molecule has 2 N–H and O–H groups in total. The number of fused-ring (bicyclic) bond motifs is 1. The zero-order valence-electron chi connectivity index (χ0n) is 9.68. The summed E-state index contributed by atoms with van der Waals surface area (Å²) in [7, 11) is 1.73. The molecule has 0 radical (unpaired) electrons. The minimum Gasteiger partial charge on any atom is -0.396 e. The lowest BCUT2D eigenvalue weighted by Crippen LogP contribution is -2.26. The van der Waals surface area contributed by atoms with Crippen molar-refractivity contribution in [3.63, 3.8) is 0 Å². The monoisotopic (exact) mass is 233 g/mol. The summed E-state index contributed by atoms with van der Waals surface area (Å²) >= 11 is 0. The second kappa shape index (κ2) is 4.97. The van der Waals surface area contributed by atoms with Crippen molar-refractivity contribution in [2.45, 2.75) is 12.8 Å². The molecule has 0 unspecified atom stereocenters. The largest absolute Gasteiger partial charge is 0.396 e. The number of nitrogens with zero attached hydrogens (tertiary/aromatic N) is 2. The van der Waals surface area contributed by atoms with Crippen molar-refractivity contribution in [2.24, 2.45) is 0 Å². The van der Waals surface area contributed by atoms with E-state index in [-0.39, 0.29) is 12.5 Å². The molecule has 0 spiro atoms. The second-order valence-corrected chi connectivity index (χ2v) is 3.88. The van der Waals surface area contributed by atoms with E-state index in [1.54, 1.807) is 18.3 Å². The van der Waals surface area contributed by atoms with Crippen LogP contribution in [-0.2, 0) is 4.79 Å². The molecule has 1 aromatic carbocycles. The number of carbonyl (C=O) groups is 1. The molecular formula is C12H15N3O2. The number of imidazole rings is 1. The van der Waals surface area contributed by atoms with Crippen LogP contribution in [0, 0.1) is 0 Å². The van der Waals surface area contributed by atoms with E-state index in [0.717, 1.165) is 16.7 Å². The normalized spacial score (nSPS) is 10.7. The Bertz CT molecular complexity index is 521. The number of rotatable bonds is 4. The van der Waals surface area contributed by atoms with Crippen LogP contribution in [0.2, 0.25) is 0 Å². The Morgan fingerprint density at radius 3 is 3.12 bits per heavy atom. The number of anilines is 1. The summed E-state index contributed by atoms with van der Waals surface area (Å²) in [4.78, 5) is 20.5. The first-order chi connectivity index (χ1) is 8.22. The summed E-state index contributed by atoms with van der Waals surface area (Å²) in [5.41, 5.74) is 2.61. The van der Waals surface area contributed by atoms with E-state index < -0.39 is 0 Å². The molecule has 2 rings (SSSR count). The van der Waals surface area contributed by atoms with Gasteiger partial charge in [0.25, 0.3) is 0 Å². The summed E-state index contributed by atoms with van der Waals surface area (Å²) < 4.78 is 0. The highest BCUT2D eigenvalue weighted by Crippen LogP contribution is 2.19. The highest BCUT2D eigenvalue weighted by Gasteiger charge is 2.11. The molecule has 0 saturated carbocycles. The fourth-order valence-electron chi connectivity index (χ4n) is 1.67. The minimum atomic E-state index is -0.00193. The predicted octanol–water partition coefficient (Wildman–Crippen LogP) is 1.30. The number of aromatic amines is 1. The number of aromatic nitrogens is 2. The highest BCUT2D eigenvalue weighted by molar-refractivity contribution is 5.94. The van der Waals surface area contributed by atoms with Crippen molar-refractivity contribution < 1.29 is 9.90 Å². The second-order valence-electron chi connectivity index (χ2n) is 3.88. The van der Waals surface area contributed by atoms with Crippen molar-refractivity contribution in [1.29, 1.82) is 0 Å². The number of hydrogen-bond acceptors (Lipinski definition) is 3. The van der Waals surface area contributed by atoms with Gasteiger partial charge in [-0.15, -0.1) is 0 Å². The topological polar surface area (TPSA) is 69.2 Å². The standard InChI is InChI=1S/C12H15N3O2/c1-15(12(17)3-2-6-16)9-4-5-10-11(7-9)14-8-13-10/h4-5,7-8,16H,2-3,6H2,1H3,(H,13,14). The number of H-pyrrole nitrogens is 1. The van der Waals surface area contributed by atoms with Gasteiger partial charge in [-0.05, 0) is 24.6 Å². The third-order valence-electron chi connectivity index (χ3n) is 2.71. The van der Waals surface area contributed by atoms with Gasteiger partial charge in [-0.25, -0.2) is 4.98 Å². The van der Waals surface area contributed by atoms with E-state index in [1.807, 2.05) is 18.2 Å². The van der Waals surface area contributed by atoms with Gasteiger partial charge in [0.15, 0.2) is 0 Å². The molecular weight excluding hydrogens is 218 g/mol. The Kier molecular flexibility index (Phi) is 3.39. The summed E-state index contributed by atoms with van der Waals surface area (Å²) in [6, 6.07) is 5.62. The molecule has 17 heavy (non-hydrogen) atoms. The SMILES string of the molecule is CN(C(=O)CCCO)c1ccc2nc[nH]c2c1. The van der Waals surface area contributed by atoms with Crippen molar-refractivity contribution in [3.05, 3.63) is 24.5 Å². The van der Waals surface area contributed by atoms with Gasteiger partial charge in [-0.2, -0.15) is 0 Å². The predicted molar refractivity (Wildman–Crippen MR) is 65.8 cm³/mol. The van der Waals surface area contributed by atoms with E-state index in [0.29, 0.717) is 12.8 Å². The molecule has 90 valence electrons. The van der Waals surface area contributed by atoms with E-state index >= 15 is 0 Å². The summed E-state index contributed by atoms with van der Waals surface area (Å²) in [5.74, 6) is -0.00193. The molecule has 0 aliphatic heterocycles. The van der Waals surface area contributed by atoms with Gasteiger partial charge >= 0.3 is 0 Å². The number of aliphatic hydroxyl groups excluding tert-OH is 1. The zero-order valence-corrected chi connectivity index (χ0v) is 9.68. The van der Waals surface area contributed by atoms with Gasteiger partial charge in [0.1, 0.15) is 0 Å². The van der Waals surface area contributed by atoms with E-state index in [4.69, 9.17) is 5.11 Å². The molecule has 5 nitrogen and oxygen atoms in total. The maximum Gasteiger partial charge on any atom is 0.226 e. The van der Waals surface area contributed by atoms with Crippen molar-refractivity contribution in [3.8, 4) is 0 Å². The first-order valence-corrected chi connectivity index (χ1v) is 5.53. The Balaban J connectivity index is 2.17. The molecule has 0 bridgehead atoms. The van der Waals surface area contributed by atoms with Crippen LogP contribution in [0.15, 0.2) is 24.5 Å². The first-order valence-electron chi connectivity index (χ1n) is 5.53. The van der Waals surface area contributed by atoms with Crippen molar-refractivity contribution >= 4 is 22.6 Å². The van der Waals surface area contributed by atoms with Crippen molar-refractivity contribution in [1.82, 2.24) is 9.97 Å². The Hall–Kier alpha value is -1.88. The average Bonchev–Trinajstić information content (AvgIpc) is 2.81. The van der Waals surface area contributed by atoms with Gasteiger partial charge < -0.3 is 15.0 Å². The van der Waals surface area contributed by atoms with Crippen LogP contribution in [0.25, 0.3) is 11.0 Å². The van der Waals surface area contributed by atoms with Gasteiger partial charge in [0.05, 0.1) is 17.4 Å². The van der Waals surface area contributed by atoms with Crippen LogP contribution in [0.4, 0.5) is 5.69 Å². The number of nitrogens with one attached hydrogen (secondary N) is 1. The summed E-state index contributed by atoms with van der Waals surface area (Å²) in [5, 5.41) is 8.70. The molecule has 0 aliphatic carbocycles. The molecule has 1 amide bonds. The van der Waals surface area contributed by atoms with Crippen LogP contribution >= 0.6 is 0 Å². The quantitative estimate of drug-likeness (QED) is 0.836. The zero-order chi connectivity index (χ0) is 12.3. The fraction of sp³-hybridized carbons (Fsp3) is 0.333. The third kappa shape index (κ3) is 2.45. The Morgan fingerprint density at radius 2 is 2.35 bits per heavy atom. The van der Waals surface area contributed by atoms with Crippen LogP contribution in [0.5, 0.6) is 0 Å². The molecule has 0 atom stereocenters. The number of amides is 1. The molecule has 2 aromatic rings. The number of carbonyl (C=O) groups excluding carboxylic acids is 1. The van der Waals surface area contributed by atoms with Gasteiger partial charge in [-0.1, -0.05) is 0 Å². The maximum absolute atomic E-state index is 11.8. The number of hydrogen-bond donors (Lipinski definition) is 2. The molecule has 0 saturated heterocycles. The fourth-order valence-corrected chi connectivity index (χ4v) is 1.67. The smallest absolute Gasteiger partial charge is 0.226 e. The lowest BCUT2D eigenvalue weighted by molar-refractivity contribution is -0.118. The van der Waals surface area contributed by atoms with Gasteiger partial charge in [0, 0.05) is 25.8 Å². The molecule has 1 aromatic heterocycles. The third-order valence-corrected chi connectivity index (χ3v) is 2.71. The van der Waals surface area contributed by atoms with Crippen LogP contribution < -0.4 is 4.90 Å². The molecule has 0 aliphatic rings. The lowest BCUT2D eigenvalue weighted by atomic mass is 10.2. The van der Waals surface area contributed by atoms with Crippen molar-refractivity contribution in [2.75, 3.05) is 18.6 Å². The van der Waals surface area contributed by atoms with E-state index in [1.165, 1.54) is 0 Å². The Morgan fingerprint density at radius 1 is 1.53 bits per heavy atom. The first kappa shape index (κ1) is 11.6. The summed E-state index contributed by atoms with van der Waals surface area (Å²) in [6.45, 7) is 0.0408. The summed E-state index contributed by atoms with van der Waals surface area (Å²) in [6.07, 6.45) is 2.48.